The zero-order valence-electron chi connectivity index (χ0n) is 9.71. The van der Waals surface area contributed by atoms with Crippen LogP contribution >= 0.6 is 23.2 Å². The molecule has 20 heavy (non-hydrogen) atoms. The van der Waals surface area contributed by atoms with Gasteiger partial charge in [0.15, 0.2) is 5.82 Å². The highest BCUT2D eigenvalue weighted by atomic mass is 35.5. The number of amides is 1. The van der Waals surface area contributed by atoms with Crippen molar-refractivity contribution in [1.29, 1.82) is 0 Å². The molecule has 0 aliphatic heterocycles. The monoisotopic (exact) mass is 312 g/mol. The Hall–Kier alpha value is -2.25. The predicted octanol–water partition coefficient (Wildman–Crippen LogP) is 2.94. The normalized spacial score (nSPS) is 10.1. The number of hydrogen-bond acceptors (Lipinski definition) is 5. The smallest absolute Gasteiger partial charge is 0.305 e. The number of carbonyl (C=O) groups is 1. The number of rotatable bonds is 3. The Morgan fingerprint density at radius 3 is 2.65 bits per heavy atom. The van der Waals surface area contributed by atoms with Gasteiger partial charge in [0.1, 0.15) is 5.56 Å². The van der Waals surface area contributed by atoms with Crippen molar-refractivity contribution in [3.05, 3.63) is 56.4 Å². The van der Waals surface area contributed by atoms with Crippen molar-refractivity contribution in [2.24, 2.45) is 0 Å². The molecule has 2 rings (SSSR count). The lowest BCUT2D eigenvalue weighted by Crippen LogP contribution is -2.15. The number of nitro groups is 1. The number of anilines is 1. The van der Waals surface area contributed by atoms with Gasteiger partial charge in [-0.05, 0) is 18.2 Å². The standard InChI is InChI=1S/C11H6Cl2N4O3/c12-7-2-1-4-15-10(7)16-11(18)6-3-5-14-9(13)8(6)17(19)20/h1-5H,(H,15,16,18). The molecule has 0 saturated carbocycles. The summed E-state index contributed by atoms with van der Waals surface area (Å²) < 4.78 is 0. The lowest BCUT2D eigenvalue weighted by molar-refractivity contribution is -0.385. The largest absolute Gasteiger partial charge is 0.319 e. The number of hydrogen-bond donors (Lipinski definition) is 1. The van der Waals surface area contributed by atoms with E-state index < -0.39 is 16.5 Å². The van der Waals surface area contributed by atoms with Crippen LogP contribution in [0.5, 0.6) is 0 Å². The molecule has 0 radical (unpaired) electrons. The van der Waals surface area contributed by atoms with Gasteiger partial charge in [0, 0.05) is 12.4 Å². The van der Waals surface area contributed by atoms with Gasteiger partial charge in [-0.2, -0.15) is 0 Å². The lowest BCUT2D eigenvalue weighted by atomic mass is 10.2. The predicted molar refractivity (Wildman–Crippen MR) is 73.1 cm³/mol. The van der Waals surface area contributed by atoms with Crippen LogP contribution in [0.3, 0.4) is 0 Å². The summed E-state index contributed by atoms with van der Waals surface area (Å²) in [4.78, 5) is 29.6. The quantitative estimate of drug-likeness (QED) is 0.533. The minimum atomic E-state index is -0.774. The van der Waals surface area contributed by atoms with E-state index in [1.807, 2.05) is 0 Å². The molecule has 0 fully saturated rings. The van der Waals surface area contributed by atoms with Gasteiger partial charge >= 0.3 is 5.69 Å². The molecule has 102 valence electrons. The Labute approximate surface area is 122 Å². The van der Waals surface area contributed by atoms with Crippen LogP contribution in [0.15, 0.2) is 30.6 Å². The van der Waals surface area contributed by atoms with Crippen LogP contribution in [0.25, 0.3) is 0 Å². The van der Waals surface area contributed by atoms with Crippen molar-refractivity contribution in [2.45, 2.75) is 0 Å². The number of halogens is 2. The lowest BCUT2D eigenvalue weighted by Gasteiger charge is -2.06. The van der Waals surface area contributed by atoms with E-state index in [-0.39, 0.29) is 21.6 Å². The van der Waals surface area contributed by atoms with E-state index in [1.165, 1.54) is 24.5 Å². The molecule has 0 spiro atoms. The van der Waals surface area contributed by atoms with Crippen LogP contribution in [-0.4, -0.2) is 20.8 Å². The van der Waals surface area contributed by atoms with E-state index in [4.69, 9.17) is 23.2 Å². The van der Waals surface area contributed by atoms with E-state index in [2.05, 4.69) is 15.3 Å². The Morgan fingerprint density at radius 1 is 1.25 bits per heavy atom. The van der Waals surface area contributed by atoms with Crippen molar-refractivity contribution in [2.75, 3.05) is 5.32 Å². The van der Waals surface area contributed by atoms with Crippen molar-refractivity contribution in [3.63, 3.8) is 0 Å². The Bertz CT molecular complexity index is 693. The molecule has 7 nitrogen and oxygen atoms in total. The Balaban J connectivity index is 2.38. The third-order valence-corrected chi connectivity index (χ3v) is 2.88. The van der Waals surface area contributed by atoms with Gasteiger partial charge in [-0.25, -0.2) is 9.97 Å². The number of carbonyl (C=O) groups excluding carboxylic acids is 1. The minimum Gasteiger partial charge on any atom is -0.305 e. The summed E-state index contributed by atoms with van der Waals surface area (Å²) >= 11 is 11.5. The van der Waals surface area contributed by atoms with E-state index in [0.717, 1.165) is 0 Å². The summed E-state index contributed by atoms with van der Waals surface area (Å²) in [5.41, 5.74) is -0.796. The van der Waals surface area contributed by atoms with Gasteiger partial charge in [0.05, 0.1) is 9.95 Å². The molecule has 0 aromatic carbocycles. The highest BCUT2D eigenvalue weighted by Gasteiger charge is 2.25. The van der Waals surface area contributed by atoms with Gasteiger partial charge in [-0.15, -0.1) is 0 Å². The van der Waals surface area contributed by atoms with Crippen molar-refractivity contribution in [3.8, 4) is 0 Å². The van der Waals surface area contributed by atoms with Crippen LogP contribution < -0.4 is 5.32 Å². The summed E-state index contributed by atoms with van der Waals surface area (Å²) in [6.07, 6.45) is 2.62. The summed E-state index contributed by atoms with van der Waals surface area (Å²) in [6, 6.07) is 4.30. The molecule has 0 unspecified atom stereocenters. The second kappa shape index (κ2) is 5.81. The molecule has 0 aliphatic carbocycles. The van der Waals surface area contributed by atoms with E-state index in [0.29, 0.717) is 0 Å². The Kier molecular flexibility index (Phi) is 4.11. The number of nitrogens with zero attached hydrogens (tertiary/aromatic N) is 3. The third kappa shape index (κ3) is 2.84. The molecule has 2 aromatic rings. The molecule has 1 amide bonds. The summed E-state index contributed by atoms with van der Waals surface area (Å²) in [7, 11) is 0. The van der Waals surface area contributed by atoms with Gasteiger partial charge in [0.25, 0.3) is 5.91 Å². The summed E-state index contributed by atoms with van der Waals surface area (Å²) in [5, 5.41) is 13.1. The van der Waals surface area contributed by atoms with Crippen LogP contribution in [0, 0.1) is 10.1 Å². The van der Waals surface area contributed by atoms with Gasteiger partial charge in [0.2, 0.25) is 5.15 Å². The van der Waals surface area contributed by atoms with Crippen molar-refractivity contribution in [1.82, 2.24) is 9.97 Å². The topological polar surface area (TPSA) is 98.0 Å². The third-order valence-electron chi connectivity index (χ3n) is 2.30. The van der Waals surface area contributed by atoms with E-state index in [1.54, 1.807) is 6.07 Å². The first-order valence-corrected chi connectivity index (χ1v) is 5.97. The van der Waals surface area contributed by atoms with Crippen molar-refractivity contribution >= 4 is 40.6 Å². The van der Waals surface area contributed by atoms with Gasteiger partial charge in [-0.1, -0.05) is 23.2 Å². The molecule has 0 saturated heterocycles. The molecule has 2 aromatic heterocycles. The summed E-state index contributed by atoms with van der Waals surface area (Å²) in [5.74, 6) is -0.650. The van der Waals surface area contributed by atoms with Gasteiger partial charge < -0.3 is 5.32 Å². The van der Waals surface area contributed by atoms with Crippen LogP contribution in [-0.2, 0) is 0 Å². The number of pyridine rings is 2. The molecule has 2 heterocycles. The summed E-state index contributed by atoms with van der Waals surface area (Å²) in [6.45, 7) is 0. The van der Waals surface area contributed by atoms with E-state index >= 15 is 0 Å². The second-order valence-electron chi connectivity index (χ2n) is 3.54. The fourth-order valence-electron chi connectivity index (χ4n) is 1.44. The van der Waals surface area contributed by atoms with Crippen LogP contribution in [0.1, 0.15) is 10.4 Å². The molecule has 0 aliphatic rings. The van der Waals surface area contributed by atoms with Crippen LogP contribution in [0.4, 0.5) is 11.5 Å². The maximum absolute atomic E-state index is 12.0. The van der Waals surface area contributed by atoms with Gasteiger partial charge in [-0.3, -0.25) is 14.9 Å². The molecular formula is C11H6Cl2N4O3. The molecule has 9 heteroatoms. The highest BCUT2D eigenvalue weighted by molar-refractivity contribution is 6.34. The first-order valence-electron chi connectivity index (χ1n) is 5.21. The molecule has 1 N–H and O–H groups in total. The first kappa shape index (κ1) is 14.2. The Morgan fingerprint density at radius 2 is 2.00 bits per heavy atom. The molecular weight excluding hydrogens is 307 g/mol. The average molecular weight is 313 g/mol. The van der Waals surface area contributed by atoms with E-state index in [9.17, 15) is 14.9 Å². The molecule has 0 atom stereocenters. The zero-order chi connectivity index (χ0) is 14.7. The van der Waals surface area contributed by atoms with Crippen molar-refractivity contribution < 1.29 is 9.72 Å². The zero-order valence-corrected chi connectivity index (χ0v) is 11.2. The minimum absolute atomic E-state index is 0.0985. The fraction of sp³-hybridized carbons (Fsp3) is 0. The van der Waals surface area contributed by atoms with Crippen LogP contribution in [0.2, 0.25) is 10.2 Å². The second-order valence-corrected chi connectivity index (χ2v) is 4.31. The SMILES string of the molecule is O=C(Nc1ncccc1Cl)c1ccnc(Cl)c1[N+](=O)[O-]. The number of nitrogens with one attached hydrogen (secondary N) is 1. The molecule has 0 bridgehead atoms. The highest BCUT2D eigenvalue weighted by Crippen LogP contribution is 2.27. The maximum Gasteiger partial charge on any atom is 0.319 e. The average Bonchev–Trinajstić information content (AvgIpc) is 2.40. The fourth-order valence-corrected chi connectivity index (χ4v) is 1.83. The maximum atomic E-state index is 12.0. The number of aromatic nitrogens is 2. The first-order chi connectivity index (χ1) is 9.50.